The number of imidazole rings is 1. The molecule has 0 aliphatic rings. The number of nitrogens with zero attached hydrogens (tertiary/aromatic N) is 2. The Bertz CT molecular complexity index is 934. The SMILES string of the molecule is Cc1ccc(NC(=S)NNC(=O)Cn2cnc3ccccc32)cc1C. The van der Waals surface area contributed by atoms with E-state index in [4.69, 9.17) is 12.2 Å². The van der Waals surface area contributed by atoms with Crippen LogP contribution in [0.15, 0.2) is 48.8 Å². The van der Waals surface area contributed by atoms with E-state index >= 15 is 0 Å². The number of thiocarbonyl (C=S) groups is 1. The summed E-state index contributed by atoms with van der Waals surface area (Å²) in [5, 5.41) is 3.37. The zero-order valence-corrected chi connectivity index (χ0v) is 14.9. The molecule has 0 atom stereocenters. The normalized spacial score (nSPS) is 10.5. The molecule has 7 heteroatoms. The number of fused-ring (bicyclic) bond motifs is 1. The van der Waals surface area contributed by atoms with E-state index in [0.717, 1.165) is 16.7 Å². The molecule has 1 heterocycles. The predicted molar refractivity (Wildman–Crippen MR) is 103 cm³/mol. The van der Waals surface area contributed by atoms with Gasteiger partial charge in [-0.2, -0.15) is 0 Å². The summed E-state index contributed by atoms with van der Waals surface area (Å²) in [6, 6.07) is 13.6. The molecule has 3 N–H and O–H groups in total. The van der Waals surface area contributed by atoms with Crippen LogP contribution in [-0.2, 0) is 11.3 Å². The van der Waals surface area contributed by atoms with Gasteiger partial charge < -0.3 is 9.88 Å². The summed E-state index contributed by atoms with van der Waals surface area (Å²) in [5.74, 6) is -0.215. The molecular weight excluding hydrogens is 334 g/mol. The first-order valence-corrected chi connectivity index (χ1v) is 8.27. The Kier molecular flexibility index (Phi) is 4.95. The predicted octanol–water partition coefficient (Wildman–Crippen LogP) is 2.67. The number of nitrogens with one attached hydrogen (secondary N) is 3. The monoisotopic (exact) mass is 353 g/mol. The van der Waals surface area contributed by atoms with Crippen molar-refractivity contribution < 1.29 is 4.79 Å². The lowest BCUT2D eigenvalue weighted by Crippen LogP contribution is -2.45. The highest BCUT2D eigenvalue weighted by atomic mass is 32.1. The van der Waals surface area contributed by atoms with E-state index in [1.54, 1.807) is 10.9 Å². The molecule has 0 radical (unpaired) electrons. The van der Waals surface area contributed by atoms with Gasteiger partial charge in [0.1, 0.15) is 6.54 Å². The molecule has 0 aliphatic heterocycles. The third kappa shape index (κ3) is 4.13. The number of benzene rings is 2. The standard InChI is InChI=1S/C18H19N5OS/c1-12-7-8-14(9-13(12)2)20-18(25)22-21-17(24)10-23-11-19-15-5-3-4-6-16(15)23/h3-9,11H,10H2,1-2H3,(H,21,24)(H2,20,22,25). The Morgan fingerprint density at radius 3 is 2.72 bits per heavy atom. The highest BCUT2D eigenvalue weighted by Gasteiger charge is 2.07. The van der Waals surface area contributed by atoms with E-state index in [0.29, 0.717) is 5.11 Å². The Labute approximate surface area is 151 Å². The summed E-state index contributed by atoms with van der Waals surface area (Å²) in [6.45, 7) is 4.24. The van der Waals surface area contributed by atoms with Crippen LogP contribution < -0.4 is 16.2 Å². The lowest BCUT2D eigenvalue weighted by Gasteiger charge is -2.13. The molecule has 3 rings (SSSR count). The van der Waals surface area contributed by atoms with Crippen LogP contribution in [0.3, 0.4) is 0 Å². The Morgan fingerprint density at radius 2 is 1.92 bits per heavy atom. The van der Waals surface area contributed by atoms with E-state index < -0.39 is 0 Å². The van der Waals surface area contributed by atoms with Gasteiger partial charge in [-0.3, -0.25) is 15.6 Å². The van der Waals surface area contributed by atoms with Crippen molar-refractivity contribution in [3.8, 4) is 0 Å². The van der Waals surface area contributed by atoms with Gasteiger partial charge in [-0.1, -0.05) is 18.2 Å². The zero-order chi connectivity index (χ0) is 17.8. The lowest BCUT2D eigenvalue weighted by molar-refractivity contribution is -0.122. The summed E-state index contributed by atoms with van der Waals surface area (Å²) in [6.07, 6.45) is 1.65. The number of rotatable bonds is 3. The number of carbonyl (C=O) groups excluding carboxylic acids is 1. The Balaban J connectivity index is 1.53. The molecule has 0 saturated carbocycles. The number of para-hydroxylation sites is 2. The molecule has 128 valence electrons. The van der Waals surface area contributed by atoms with Gasteiger partial charge >= 0.3 is 0 Å². The molecule has 3 aromatic rings. The molecule has 1 aromatic heterocycles. The van der Waals surface area contributed by atoms with Gasteiger partial charge in [0.2, 0.25) is 0 Å². The topological polar surface area (TPSA) is 71.0 Å². The second kappa shape index (κ2) is 7.31. The van der Waals surface area contributed by atoms with Crippen molar-refractivity contribution in [2.24, 2.45) is 0 Å². The van der Waals surface area contributed by atoms with Crippen molar-refractivity contribution in [2.45, 2.75) is 20.4 Å². The number of aryl methyl sites for hydroxylation is 2. The van der Waals surface area contributed by atoms with Crippen molar-refractivity contribution in [3.05, 3.63) is 59.9 Å². The van der Waals surface area contributed by atoms with Crippen LogP contribution in [0.25, 0.3) is 11.0 Å². The highest BCUT2D eigenvalue weighted by molar-refractivity contribution is 7.80. The summed E-state index contributed by atoms with van der Waals surface area (Å²) >= 11 is 5.20. The van der Waals surface area contributed by atoms with Crippen LogP contribution in [0.4, 0.5) is 5.69 Å². The average molecular weight is 353 g/mol. The van der Waals surface area contributed by atoms with E-state index in [1.807, 2.05) is 49.4 Å². The van der Waals surface area contributed by atoms with E-state index in [2.05, 4.69) is 28.1 Å². The van der Waals surface area contributed by atoms with Crippen molar-refractivity contribution in [1.29, 1.82) is 0 Å². The molecule has 0 aliphatic carbocycles. The molecule has 1 amide bonds. The minimum Gasteiger partial charge on any atom is -0.331 e. The second-order valence-corrected chi connectivity index (χ2v) is 6.20. The first-order chi connectivity index (χ1) is 12.0. The molecule has 25 heavy (non-hydrogen) atoms. The molecule has 0 bridgehead atoms. The van der Waals surface area contributed by atoms with Crippen LogP contribution in [-0.4, -0.2) is 20.6 Å². The van der Waals surface area contributed by atoms with E-state index in [9.17, 15) is 4.79 Å². The summed E-state index contributed by atoms with van der Waals surface area (Å²) in [5.41, 5.74) is 10.3. The van der Waals surface area contributed by atoms with Gasteiger partial charge in [0.25, 0.3) is 5.91 Å². The van der Waals surface area contributed by atoms with Gasteiger partial charge in [0.05, 0.1) is 17.4 Å². The Hall–Kier alpha value is -2.93. The van der Waals surface area contributed by atoms with Gasteiger partial charge in [0.15, 0.2) is 5.11 Å². The smallest absolute Gasteiger partial charge is 0.258 e. The van der Waals surface area contributed by atoms with Gasteiger partial charge in [0, 0.05) is 5.69 Å². The first-order valence-electron chi connectivity index (χ1n) is 7.86. The van der Waals surface area contributed by atoms with Crippen molar-refractivity contribution in [1.82, 2.24) is 20.4 Å². The summed E-state index contributed by atoms with van der Waals surface area (Å²) in [7, 11) is 0. The fourth-order valence-electron chi connectivity index (χ4n) is 2.44. The van der Waals surface area contributed by atoms with Crippen LogP contribution in [0.2, 0.25) is 0 Å². The average Bonchev–Trinajstić information content (AvgIpc) is 2.99. The van der Waals surface area contributed by atoms with Gasteiger partial charge in [-0.25, -0.2) is 4.98 Å². The zero-order valence-electron chi connectivity index (χ0n) is 14.0. The largest absolute Gasteiger partial charge is 0.331 e. The number of amides is 1. The van der Waals surface area contributed by atoms with E-state index in [1.165, 1.54) is 11.1 Å². The molecule has 2 aromatic carbocycles. The quantitative estimate of drug-likeness (QED) is 0.499. The Morgan fingerprint density at radius 1 is 1.12 bits per heavy atom. The van der Waals surface area contributed by atoms with Crippen LogP contribution in [0.1, 0.15) is 11.1 Å². The number of aromatic nitrogens is 2. The summed E-state index contributed by atoms with van der Waals surface area (Å²) < 4.78 is 1.78. The highest BCUT2D eigenvalue weighted by Crippen LogP contribution is 2.14. The number of hydrogen-bond acceptors (Lipinski definition) is 3. The molecule has 0 saturated heterocycles. The maximum Gasteiger partial charge on any atom is 0.258 e. The minimum absolute atomic E-state index is 0.153. The second-order valence-electron chi connectivity index (χ2n) is 5.79. The minimum atomic E-state index is -0.215. The maximum absolute atomic E-state index is 12.1. The van der Waals surface area contributed by atoms with Gasteiger partial charge in [-0.05, 0) is 61.5 Å². The first kappa shape index (κ1) is 16.9. The maximum atomic E-state index is 12.1. The molecule has 0 unspecified atom stereocenters. The molecule has 0 spiro atoms. The van der Waals surface area contributed by atoms with Gasteiger partial charge in [-0.15, -0.1) is 0 Å². The number of hydrogen-bond donors (Lipinski definition) is 3. The van der Waals surface area contributed by atoms with Crippen molar-refractivity contribution >= 4 is 40.0 Å². The van der Waals surface area contributed by atoms with Crippen LogP contribution >= 0.6 is 12.2 Å². The summed E-state index contributed by atoms with van der Waals surface area (Å²) in [4.78, 5) is 16.4. The van der Waals surface area contributed by atoms with Crippen molar-refractivity contribution in [2.75, 3.05) is 5.32 Å². The molecular formula is C18H19N5OS. The van der Waals surface area contributed by atoms with Crippen LogP contribution in [0.5, 0.6) is 0 Å². The lowest BCUT2D eigenvalue weighted by atomic mass is 10.1. The fraction of sp³-hybridized carbons (Fsp3) is 0.167. The third-order valence-electron chi connectivity index (χ3n) is 3.92. The van der Waals surface area contributed by atoms with Crippen molar-refractivity contribution in [3.63, 3.8) is 0 Å². The van der Waals surface area contributed by atoms with E-state index in [-0.39, 0.29) is 12.5 Å². The number of hydrazine groups is 1. The molecule has 0 fully saturated rings. The fourth-order valence-corrected chi connectivity index (χ4v) is 2.61. The third-order valence-corrected chi connectivity index (χ3v) is 4.13. The number of carbonyl (C=O) groups is 1. The number of anilines is 1. The van der Waals surface area contributed by atoms with Crippen LogP contribution in [0, 0.1) is 13.8 Å². The molecule has 6 nitrogen and oxygen atoms in total.